The first kappa shape index (κ1) is 27.6. The molecule has 1 heterocycles. The number of carboxylic acid groups (broad SMARTS) is 1. The molecule has 36 heavy (non-hydrogen) atoms. The number of ether oxygens (including phenoxy) is 1. The molecule has 1 fully saturated rings. The Morgan fingerprint density at radius 1 is 1.06 bits per heavy atom. The summed E-state index contributed by atoms with van der Waals surface area (Å²) >= 11 is 0. The van der Waals surface area contributed by atoms with Crippen LogP contribution < -0.4 is 4.74 Å². The number of carbonyl (C=O) groups excluding carboxylic acids is 1. The second kappa shape index (κ2) is 10.9. The normalized spacial score (nSPS) is 16.5. The van der Waals surface area contributed by atoms with Gasteiger partial charge >= 0.3 is 12.0 Å². The van der Waals surface area contributed by atoms with Gasteiger partial charge in [0.1, 0.15) is 5.75 Å². The summed E-state index contributed by atoms with van der Waals surface area (Å²) < 4.78 is 5.79. The van der Waals surface area contributed by atoms with Crippen LogP contribution in [0.5, 0.6) is 5.75 Å². The second-order valence-corrected chi connectivity index (χ2v) is 11.5. The number of benzene rings is 2. The first-order valence-electron chi connectivity index (χ1n) is 13.0. The number of carboxylic acids is 1. The maximum absolute atomic E-state index is 12.9. The van der Waals surface area contributed by atoms with E-state index in [2.05, 4.69) is 51.1 Å². The van der Waals surface area contributed by atoms with E-state index in [1.54, 1.807) is 13.8 Å². The Kier molecular flexibility index (Phi) is 8.37. The smallest absolute Gasteiger partial charge is 0.347 e. The molecule has 2 aromatic rings. The predicted octanol–water partition coefficient (Wildman–Crippen LogP) is 6.05. The molecule has 196 valence electrons. The monoisotopic (exact) mass is 494 g/mol. The standard InChI is InChI=1S/C30H42N2O4/c1-8-23-18-21(14-17-26(23)36-30(5,6)27(33)34)10-9-11-25-20-32(28(35)31(25)7)19-22-12-15-24(16-13-22)29(2,3)4/h12-18,25H,8-11,19-20H2,1-7H3,(H,33,34). The van der Waals surface area contributed by atoms with E-state index in [4.69, 9.17) is 4.74 Å². The Balaban J connectivity index is 1.55. The molecule has 3 rings (SSSR count). The second-order valence-electron chi connectivity index (χ2n) is 11.5. The van der Waals surface area contributed by atoms with Crippen molar-refractivity contribution in [1.82, 2.24) is 9.80 Å². The summed E-state index contributed by atoms with van der Waals surface area (Å²) in [6.45, 7) is 13.2. The van der Waals surface area contributed by atoms with Gasteiger partial charge in [0.25, 0.3) is 0 Å². The fourth-order valence-electron chi connectivity index (χ4n) is 4.61. The number of hydrogen-bond acceptors (Lipinski definition) is 3. The molecule has 2 amide bonds. The van der Waals surface area contributed by atoms with Gasteiger partial charge in [-0.25, -0.2) is 9.59 Å². The van der Waals surface area contributed by atoms with Crippen LogP contribution in [0.1, 0.15) is 76.6 Å². The van der Waals surface area contributed by atoms with Crippen LogP contribution in [0.25, 0.3) is 0 Å². The average molecular weight is 495 g/mol. The van der Waals surface area contributed by atoms with Gasteiger partial charge in [-0.05, 0) is 73.3 Å². The van der Waals surface area contributed by atoms with Gasteiger partial charge in [0.05, 0.1) is 6.04 Å². The highest BCUT2D eigenvalue weighted by Gasteiger charge is 2.34. The first-order valence-corrected chi connectivity index (χ1v) is 13.0. The number of hydrogen-bond donors (Lipinski definition) is 1. The Labute approximate surface area is 216 Å². The molecule has 0 saturated carbocycles. The summed E-state index contributed by atoms with van der Waals surface area (Å²) in [5, 5.41) is 9.37. The summed E-state index contributed by atoms with van der Waals surface area (Å²) in [7, 11) is 1.90. The van der Waals surface area contributed by atoms with Gasteiger partial charge < -0.3 is 19.6 Å². The molecule has 1 atom stereocenters. The Bertz CT molecular complexity index is 1070. The SMILES string of the molecule is CCc1cc(CCCC2CN(Cc3ccc(C(C)(C)C)cc3)C(=O)N2C)ccc1OC(C)(C)C(=O)O. The van der Waals surface area contributed by atoms with Crippen LogP contribution in [0, 0.1) is 0 Å². The number of likely N-dealkylation sites (N-methyl/N-ethyl adjacent to an activating group) is 1. The van der Waals surface area contributed by atoms with Gasteiger partial charge in [-0.2, -0.15) is 0 Å². The van der Waals surface area contributed by atoms with Gasteiger partial charge in [0.15, 0.2) is 5.60 Å². The number of nitrogens with zero attached hydrogens (tertiary/aromatic N) is 2. The van der Waals surface area contributed by atoms with Crippen LogP contribution in [0.3, 0.4) is 0 Å². The molecule has 1 aliphatic heterocycles. The van der Waals surface area contributed by atoms with Gasteiger partial charge in [-0.3, -0.25) is 0 Å². The van der Waals surface area contributed by atoms with E-state index in [1.165, 1.54) is 11.1 Å². The van der Waals surface area contributed by atoms with Gasteiger partial charge in [-0.15, -0.1) is 0 Å². The quantitative estimate of drug-likeness (QED) is 0.437. The molecule has 0 bridgehead atoms. The van der Waals surface area contributed by atoms with Crippen molar-refractivity contribution in [3.63, 3.8) is 0 Å². The molecule has 2 aromatic carbocycles. The maximum Gasteiger partial charge on any atom is 0.347 e. The van der Waals surface area contributed by atoms with Crippen LogP contribution in [-0.4, -0.2) is 52.1 Å². The van der Waals surface area contributed by atoms with Crippen molar-refractivity contribution in [2.24, 2.45) is 0 Å². The lowest BCUT2D eigenvalue weighted by molar-refractivity contribution is -0.152. The van der Waals surface area contributed by atoms with Crippen molar-refractivity contribution in [2.45, 2.75) is 90.8 Å². The van der Waals surface area contributed by atoms with Crippen LogP contribution in [0.4, 0.5) is 4.79 Å². The lowest BCUT2D eigenvalue weighted by Gasteiger charge is -2.23. The molecule has 1 unspecified atom stereocenters. The fourth-order valence-corrected chi connectivity index (χ4v) is 4.61. The molecule has 6 nitrogen and oxygen atoms in total. The summed E-state index contributed by atoms with van der Waals surface area (Å²) in [6.07, 6.45) is 3.58. The Morgan fingerprint density at radius 3 is 2.28 bits per heavy atom. The Morgan fingerprint density at radius 2 is 1.69 bits per heavy atom. The molecule has 6 heteroatoms. The highest BCUT2D eigenvalue weighted by molar-refractivity contribution is 5.77. The minimum Gasteiger partial charge on any atom is -0.478 e. The molecular weight excluding hydrogens is 452 g/mol. The number of amides is 2. The van der Waals surface area contributed by atoms with Crippen molar-refractivity contribution in [3.8, 4) is 5.75 Å². The van der Waals surface area contributed by atoms with E-state index in [0.717, 1.165) is 43.4 Å². The minimum atomic E-state index is -1.27. The molecule has 1 aliphatic rings. The van der Waals surface area contributed by atoms with Gasteiger partial charge in [0.2, 0.25) is 0 Å². The maximum atomic E-state index is 12.9. The highest BCUT2D eigenvalue weighted by Crippen LogP contribution is 2.28. The third kappa shape index (κ3) is 6.59. The minimum absolute atomic E-state index is 0.0933. The molecule has 1 saturated heterocycles. The van der Waals surface area contributed by atoms with Crippen molar-refractivity contribution in [1.29, 1.82) is 0 Å². The van der Waals surface area contributed by atoms with Crippen LogP contribution in [-0.2, 0) is 29.6 Å². The van der Waals surface area contributed by atoms with E-state index >= 15 is 0 Å². The molecule has 0 aromatic heterocycles. The molecule has 0 aliphatic carbocycles. The molecule has 1 N–H and O–H groups in total. The van der Waals surface area contributed by atoms with Crippen LogP contribution in [0.15, 0.2) is 42.5 Å². The zero-order chi connectivity index (χ0) is 26.7. The van der Waals surface area contributed by atoms with Crippen molar-refractivity contribution < 1.29 is 19.4 Å². The lowest BCUT2D eigenvalue weighted by atomic mass is 9.87. The predicted molar refractivity (Wildman–Crippen MR) is 144 cm³/mol. The topological polar surface area (TPSA) is 70.1 Å². The number of urea groups is 1. The van der Waals surface area contributed by atoms with E-state index in [9.17, 15) is 14.7 Å². The number of aliphatic carboxylic acids is 1. The lowest BCUT2D eigenvalue weighted by Crippen LogP contribution is -2.38. The summed E-state index contributed by atoms with van der Waals surface area (Å²) in [5.74, 6) is -0.360. The number of carbonyl (C=O) groups is 2. The molecule has 0 radical (unpaired) electrons. The van der Waals surface area contributed by atoms with E-state index in [-0.39, 0.29) is 17.5 Å². The highest BCUT2D eigenvalue weighted by atomic mass is 16.5. The van der Waals surface area contributed by atoms with Gasteiger partial charge in [0, 0.05) is 20.1 Å². The summed E-state index contributed by atoms with van der Waals surface area (Å²) in [6, 6.07) is 14.9. The van der Waals surface area contributed by atoms with Crippen molar-refractivity contribution in [2.75, 3.05) is 13.6 Å². The van der Waals surface area contributed by atoms with Crippen molar-refractivity contribution in [3.05, 3.63) is 64.7 Å². The first-order chi connectivity index (χ1) is 16.8. The third-order valence-electron chi connectivity index (χ3n) is 7.13. The number of rotatable bonds is 10. The van der Waals surface area contributed by atoms with E-state index < -0.39 is 11.6 Å². The summed E-state index contributed by atoms with van der Waals surface area (Å²) in [5.41, 5.74) is 3.52. The summed E-state index contributed by atoms with van der Waals surface area (Å²) in [4.78, 5) is 28.1. The van der Waals surface area contributed by atoms with Gasteiger partial charge in [-0.1, -0.05) is 64.1 Å². The zero-order valence-electron chi connectivity index (χ0n) is 22.9. The molecular formula is C30H42N2O4. The van der Waals surface area contributed by atoms with E-state index in [0.29, 0.717) is 12.3 Å². The van der Waals surface area contributed by atoms with E-state index in [1.807, 2.05) is 35.9 Å². The number of aryl methyl sites for hydroxylation is 2. The third-order valence-corrected chi connectivity index (χ3v) is 7.13. The Hall–Kier alpha value is -3.02. The van der Waals surface area contributed by atoms with Crippen LogP contribution in [0.2, 0.25) is 0 Å². The largest absolute Gasteiger partial charge is 0.478 e. The fraction of sp³-hybridized carbons (Fsp3) is 0.533. The average Bonchev–Trinajstić information content (AvgIpc) is 3.07. The molecule has 0 spiro atoms. The van der Waals surface area contributed by atoms with Crippen molar-refractivity contribution >= 4 is 12.0 Å². The van der Waals surface area contributed by atoms with Crippen LogP contribution >= 0.6 is 0 Å². The zero-order valence-corrected chi connectivity index (χ0v) is 22.9.